The minimum Gasteiger partial charge on any atom is -0.339 e. The predicted octanol–water partition coefficient (Wildman–Crippen LogP) is 1.26. The fourth-order valence-electron chi connectivity index (χ4n) is 2.99. The molecule has 1 aromatic heterocycles. The lowest BCUT2D eigenvalue weighted by atomic mass is 9.99. The Morgan fingerprint density at radius 2 is 2.30 bits per heavy atom. The third kappa shape index (κ3) is 3.60. The number of aromatic nitrogens is 2. The first-order valence-corrected chi connectivity index (χ1v) is 7.79. The zero-order valence-electron chi connectivity index (χ0n) is 12.0. The molecule has 2 aliphatic rings. The van der Waals surface area contributed by atoms with Gasteiger partial charge in [-0.25, -0.2) is 4.98 Å². The van der Waals surface area contributed by atoms with Crippen molar-refractivity contribution in [2.24, 2.45) is 5.92 Å². The van der Waals surface area contributed by atoms with Crippen LogP contribution in [-0.4, -0.2) is 46.0 Å². The molecule has 0 radical (unpaired) electrons. The van der Waals surface area contributed by atoms with Gasteiger partial charge in [-0.2, -0.15) is 0 Å². The summed E-state index contributed by atoms with van der Waals surface area (Å²) in [7, 11) is 0. The lowest BCUT2D eigenvalue weighted by Gasteiger charge is -2.30. The smallest absolute Gasteiger partial charge is 0.224 e. The Kier molecular flexibility index (Phi) is 4.35. The zero-order chi connectivity index (χ0) is 13.8. The normalized spacial score (nSPS) is 22.7. The van der Waals surface area contributed by atoms with Gasteiger partial charge in [0, 0.05) is 37.9 Å². The van der Waals surface area contributed by atoms with Gasteiger partial charge in [0.1, 0.15) is 0 Å². The molecule has 3 rings (SSSR count). The average Bonchev–Trinajstić information content (AvgIpc) is 3.19. The van der Waals surface area contributed by atoms with Crippen molar-refractivity contribution in [3.05, 3.63) is 18.7 Å². The van der Waals surface area contributed by atoms with E-state index in [4.69, 9.17) is 0 Å². The number of nitrogens with one attached hydrogen (secondary N) is 1. The Morgan fingerprint density at radius 1 is 1.40 bits per heavy atom. The molecule has 110 valence electrons. The van der Waals surface area contributed by atoms with E-state index in [1.54, 1.807) is 12.5 Å². The van der Waals surface area contributed by atoms with Crippen LogP contribution in [0.15, 0.2) is 18.7 Å². The number of carbonyl (C=O) groups excluding carboxylic acids is 1. The van der Waals surface area contributed by atoms with Crippen molar-refractivity contribution in [2.75, 3.05) is 19.6 Å². The minimum absolute atomic E-state index is 0.312. The summed E-state index contributed by atoms with van der Waals surface area (Å²) in [6, 6.07) is 0.521. The van der Waals surface area contributed by atoms with Crippen molar-refractivity contribution < 1.29 is 4.79 Å². The van der Waals surface area contributed by atoms with Gasteiger partial charge in [0.15, 0.2) is 0 Å². The second-order valence-electron chi connectivity index (χ2n) is 6.04. The maximum absolute atomic E-state index is 12.5. The molecule has 2 fully saturated rings. The lowest BCUT2D eigenvalue weighted by Crippen LogP contribution is -2.42. The number of aryl methyl sites for hydroxylation is 1. The van der Waals surface area contributed by atoms with E-state index in [0.717, 1.165) is 26.2 Å². The van der Waals surface area contributed by atoms with Crippen molar-refractivity contribution in [3.8, 4) is 0 Å². The fourth-order valence-corrected chi connectivity index (χ4v) is 2.99. The standard InChI is InChI=1S/C15H24N4O/c20-15(5-8-18-9-7-17-12-18)19(14-3-4-14)11-13-2-1-6-16-10-13/h7,9,12-14,16H,1-6,8,10-11H2. The van der Waals surface area contributed by atoms with Crippen molar-refractivity contribution >= 4 is 5.91 Å². The summed E-state index contributed by atoms with van der Waals surface area (Å²) in [6.07, 6.45) is 10.9. The van der Waals surface area contributed by atoms with Crippen LogP contribution in [0.5, 0.6) is 0 Å². The van der Waals surface area contributed by atoms with Crippen LogP contribution in [0.4, 0.5) is 0 Å². The van der Waals surface area contributed by atoms with Crippen molar-refractivity contribution in [2.45, 2.75) is 44.7 Å². The second-order valence-corrected chi connectivity index (χ2v) is 6.04. The molecule has 5 nitrogen and oxygen atoms in total. The molecule has 1 amide bonds. The predicted molar refractivity (Wildman–Crippen MR) is 77.2 cm³/mol. The quantitative estimate of drug-likeness (QED) is 0.851. The summed E-state index contributed by atoms with van der Waals surface area (Å²) < 4.78 is 1.98. The van der Waals surface area contributed by atoms with Crippen LogP contribution in [-0.2, 0) is 11.3 Å². The van der Waals surface area contributed by atoms with Gasteiger partial charge < -0.3 is 14.8 Å². The summed E-state index contributed by atoms with van der Waals surface area (Å²) in [6.45, 7) is 3.89. The first-order chi connectivity index (χ1) is 9.83. The highest BCUT2D eigenvalue weighted by Gasteiger charge is 2.33. The first kappa shape index (κ1) is 13.6. The van der Waals surface area contributed by atoms with Gasteiger partial charge in [-0.05, 0) is 44.7 Å². The molecule has 1 atom stereocenters. The molecule has 0 aromatic carbocycles. The molecule has 1 N–H and O–H groups in total. The number of imidazole rings is 1. The molecule has 1 aromatic rings. The first-order valence-electron chi connectivity index (χ1n) is 7.79. The van der Waals surface area contributed by atoms with E-state index in [0.29, 0.717) is 24.3 Å². The lowest BCUT2D eigenvalue weighted by molar-refractivity contribution is -0.132. The number of rotatable bonds is 6. The molecular weight excluding hydrogens is 252 g/mol. The van der Waals surface area contributed by atoms with Gasteiger partial charge in [0.2, 0.25) is 5.91 Å². The van der Waals surface area contributed by atoms with Crippen LogP contribution in [0.3, 0.4) is 0 Å². The summed E-state index contributed by atoms with van der Waals surface area (Å²) in [4.78, 5) is 18.6. The molecule has 1 aliphatic heterocycles. The maximum atomic E-state index is 12.5. The van der Waals surface area contributed by atoms with Gasteiger partial charge in [-0.3, -0.25) is 4.79 Å². The molecular formula is C15H24N4O. The van der Waals surface area contributed by atoms with Crippen LogP contribution in [0, 0.1) is 5.92 Å². The van der Waals surface area contributed by atoms with Crippen LogP contribution in [0.25, 0.3) is 0 Å². The van der Waals surface area contributed by atoms with E-state index in [-0.39, 0.29) is 0 Å². The van der Waals surface area contributed by atoms with Gasteiger partial charge in [0.25, 0.3) is 0 Å². The van der Waals surface area contributed by atoms with Crippen LogP contribution >= 0.6 is 0 Å². The Labute approximate surface area is 120 Å². The molecule has 1 saturated carbocycles. The van der Waals surface area contributed by atoms with Crippen molar-refractivity contribution in [1.29, 1.82) is 0 Å². The highest BCUT2D eigenvalue weighted by molar-refractivity contribution is 5.76. The van der Waals surface area contributed by atoms with E-state index in [1.165, 1.54) is 25.7 Å². The highest BCUT2D eigenvalue weighted by atomic mass is 16.2. The van der Waals surface area contributed by atoms with Crippen molar-refractivity contribution in [3.63, 3.8) is 0 Å². The van der Waals surface area contributed by atoms with Gasteiger partial charge in [0.05, 0.1) is 6.33 Å². The number of nitrogens with zero attached hydrogens (tertiary/aromatic N) is 3. The topological polar surface area (TPSA) is 50.2 Å². The van der Waals surface area contributed by atoms with Gasteiger partial charge in [-0.1, -0.05) is 0 Å². The summed E-state index contributed by atoms with van der Waals surface area (Å²) >= 11 is 0. The summed E-state index contributed by atoms with van der Waals surface area (Å²) in [5.74, 6) is 0.952. The Hall–Kier alpha value is -1.36. The third-order valence-electron chi connectivity index (χ3n) is 4.30. The number of hydrogen-bond donors (Lipinski definition) is 1. The molecule has 1 aliphatic carbocycles. The highest BCUT2D eigenvalue weighted by Crippen LogP contribution is 2.29. The number of carbonyl (C=O) groups is 1. The van der Waals surface area contributed by atoms with Gasteiger partial charge in [-0.15, -0.1) is 0 Å². The number of amides is 1. The molecule has 20 heavy (non-hydrogen) atoms. The second kappa shape index (κ2) is 6.39. The van der Waals surface area contributed by atoms with Crippen LogP contribution in [0.1, 0.15) is 32.1 Å². The SMILES string of the molecule is O=C(CCn1ccnc1)N(CC1CCCNC1)C1CC1. The van der Waals surface area contributed by atoms with Crippen LogP contribution < -0.4 is 5.32 Å². The third-order valence-corrected chi connectivity index (χ3v) is 4.30. The summed E-state index contributed by atoms with van der Waals surface area (Å²) in [5.41, 5.74) is 0. The Balaban J connectivity index is 1.51. The molecule has 0 bridgehead atoms. The van der Waals surface area contributed by atoms with E-state index in [9.17, 15) is 4.79 Å². The van der Waals surface area contributed by atoms with E-state index >= 15 is 0 Å². The molecule has 2 heterocycles. The molecule has 5 heteroatoms. The number of piperidine rings is 1. The Morgan fingerprint density at radius 3 is 2.95 bits per heavy atom. The van der Waals surface area contributed by atoms with Crippen LogP contribution in [0.2, 0.25) is 0 Å². The Bertz CT molecular complexity index is 421. The molecule has 1 unspecified atom stereocenters. The van der Waals surface area contributed by atoms with Crippen molar-refractivity contribution in [1.82, 2.24) is 19.8 Å². The zero-order valence-corrected chi connectivity index (χ0v) is 12.0. The van der Waals surface area contributed by atoms with Gasteiger partial charge >= 0.3 is 0 Å². The summed E-state index contributed by atoms with van der Waals surface area (Å²) in [5, 5.41) is 3.44. The average molecular weight is 276 g/mol. The van der Waals surface area contributed by atoms with E-state index < -0.39 is 0 Å². The number of hydrogen-bond acceptors (Lipinski definition) is 3. The maximum Gasteiger partial charge on any atom is 0.224 e. The minimum atomic E-state index is 0.312. The largest absolute Gasteiger partial charge is 0.339 e. The molecule has 0 spiro atoms. The van der Waals surface area contributed by atoms with E-state index in [1.807, 2.05) is 10.8 Å². The fraction of sp³-hybridized carbons (Fsp3) is 0.733. The molecule has 1 saturated heterocycles. The monoisotopic (exact) mass is 276 g/mol. The van der Waals surface area contributed by atoms with E-state index in [2.05, 4.69) is 15.2 Å².